The molecule has 0 spiro atoms. The van der Waals surface area contributed by atoms with Gasteiger partial charge in [0.25, 0.3) is 0 Å². The van der Waals surface area contributed by atoms with Crippen LogP contribution in [0.2, 0.25) is 0 Å². The summed E-state index contributed by atoms with van der Waals surface area (Å²) in [4.78, 5) is 179. The van der Waals surface area contributed by atoms with Gasteiger partial charge in [0.1, 0.15) is 54.4 Å². The minimum absolute atomic E-state index is 0.0833. The van der Waals surface area contributed by atoms with Gasteiger partial charge in [0.15, 0.2) is 0 Å². The quantitative estimate of drug-likeness (QED) is 0.0208. The van der Waals surface area contributed by atoms with Crippen LogP contribution in [0.3, 0.4) is 0 Å². The molecule has 3 aromatic carbocycles. The summed E-state index contributed by atoms with van der Waals surface area (Å²) in [6.07, 6.45) is 1.23. The lowest BCUT2D eigenvalue weighted by Gasteiger charge is -2.27. The number of carboxylic acids is 2. The molecule has 18 N–H and O–H groups in total. The largest absolute Gasteiger partial charge is 0.481 e. The predicted molar refractivity (Wildman–Crippen MR) is 336 cm³/mol. The Hall–Kier alpha value is -9.84. The number of hydrogen-bond donors (Lipinski definition) is 17. The van der Waals surface area contributed by atoms with Gasteiger partial charge in [-0.3, -0.25) is 57.5 Å². The molecule has 0 aliphatic heterocycles. The molecule has 0 radical (unpaired) electrons. The second-order valence-corrected chi connectivity index (χ2v) is 22.4. The highest BCUT2D eigenvalue weighted by molar-refractivity contribution is 7.80. The van der Waals surface area contributed by atoms with Gasteiger partial charge in [-0.25, -0.2) is 4.79 Å². The molecule has 11 atom stereocenters. The Morgan fingerprint density at radius 1 is 0.495 bits per heavy atom. The molecule has 0 aliphatic carbocycles. The number of carbonyl (C=O) groups is 13. The molecule has 0 aliphatic rings. The molecule has 30 heteroatoms. The summed E-state index contributed by atoms with van der Waals surface area (Å²) in [7, 11) is 0. The SMILES string of the molecule is CC[C@H](C)[C@H](NC(=O)CNC(=O)[C@H](C)NC(=O)[C@H](Cc1c[nH]c2ccccc12)NC(=O)[C@H](Cc1c[nH]c2ccccc12)NC(=O)[C@H](CS)NC(=O)[C@H](C)N)C(=O)N[C@@H](C)C(=O)N[C@@H](CCC(N)=O)C(=O)N[C@@H](CCC(=O)O)C(=O)N[C@@H](Cc1ccccc1)C(=O)O. The van der Waals surface area contributed by atoms with Crippen molar-refractivity contribution in [3.63, 3.8) is 0 Å². The molecule has 0 unspecified atom stereocenters. The van der Waals surface area contributed by atoms with E-state index in [-0.39, 0.29) is 25.0 Å². The van der Waals surface area contributed by atoms with Crippen LogP contribution in [0.1, 0.15) is 83.4 Å². The lowest BCUT2D eigenvalue weighted by atomic mass is 9.98. The molecule has 0 fully saturated rings. The average Bonchev–Trinajstić information content (AvgIpc) is 1.81. The van der Waals surface area contributed by atoms with Crippen LogP contribution in [0.5, 0.6) is 0 Å². The highest BCUT2D eigenvalue weighted by Gasteiger charge is 2.35. The summed E-state index contributed by atoms with van der Waals surface area (Å²) in [6.45, 7) is 6.63. The van der Waals surface area contributed by atoms with Crippen LogP contribution in [0.25, 0.3) is 21.8 Å². The van der Waals surface area contributed by atoms with Crippen LogP contribution in [0.4, 0.5) is 0 Å². The van der Waals surface area contributed by atoms with Crippen molar-refractivity contribution in [2.45, 2.75) is 146 Å². The average molecular weight is 1280 g/mol. The summed E-state index contributed by atoms with van der Waals surface area (Å²) in [5.41, 5.74) is 14.4. The van der Waals surface area contributed by atoms with E-state index in [4.69, 9.17) is 11.5 Å². The number of fused-ring (bicyclic) bond motifs is 2. The Labute approximate surface area is 529 Å². The number of para-hydroxylation sites is 2. The van der Waals surface area contributed by atoms with Gasteiger partial charge in [-0.1, -0.05) is 87.0 Å². The van der Waals surface area contributed by atoms with Crippen molar-refractivity contribution in [1.82, 2.24) is 63.1 Å². The number of nitrogens with two attached hydrogens (primary N) is 2. The van der Waals surface area contributed by atoms with Crippen LogP contribution in [-0.4, -0.2) is 170 Å². The third-order valence-electron chi connectivity index (χ3n) is 14.9. The molecule has 2 aromatic heterocycles. The molecular weight excluding hydrogens is 1200 g/mol. The number of carbonyl (C=O) groups excluding carboxylic acids is 11. The summed E-state index contributed by atoms with van der Waals surface area (Å²) in [5.74, 6) is -13.2. The molecular formula is C61H80N14O15S. The Bertz CT molecular complexity index is 3430. The van der Waals surface area contributed by atoms with E-state index in [1.54, 1.807) is 74.8 Å². The van der Waals surface area contributed by atoms with Crippen molar-refractivity contribution in [2.24, 2.45) is 17.4 Å². The van der Waals surface area contributed by atoms with Crippen LogP contribution in [0.15, 0.2) is 91.3 Å². The summed E-state index contributed by atoms with van der Waals surface area (Å²) in [5, 5.41) is 45.9. The van der Waals surface area contributed by atoms with E-state index in [0.717, 1.165) is 21.8 Å². The van der Waals surface area contributed by atoms with Crippen molar-refractivity contribution in [1.29, 1.82) is 0 Å². The number of aromatic nitrogens is 2. The van der Waals surface area contributed by atoms with Gasteiger partial charge >= 0.3 is 11.9 Å². The maximum absolute atomic E-state index is 14.6. The lowest BCUT2D eigenvalue weighted by molar-refractivity contribution is -0.143. The van der Waals surface area contributed by atoms with Gasteiger partial charge in [0.2, 0.25) is 65.0 Å². The first kappa shape index (κ1) is 71.9. The third kappa shape index (κ3) is 22.0. The molecule has 490 valence electrons. The fraction of sp³-hybridized carbons (Fsp3) is 0.426. The number of thiol groups is 1. The zero-order chi connectivity index (χ0) is 67.1. The van der Waals surface area contributed by atoms with E-state index in [0.29, 0.717) is 23.1 Å². The van der Waals surface area contributed by atoms with Crippen molar-refractivity contribution >= 4 is 111 Å². The third-order valence-corrected chi connectivity index (χ3v) is 15.3. The molecule has 0 saturated heterocycles. The van der Waals surface area contributed by atoms with E-state index >= 15 is 0 Å². The highest BCUT2D eigenvalue weighted by atomic mass is 32.1. The number of hydrogen-bond acceptors (Lipinski definition) is 15. The first-order valence-electron chi connectivity index (χ1n) is 29.4. The van der Waals surface area contributed by atoms with Gasteiger partial charge in [0, 0.05) is 72.1 Å². The molecule has 29 nitrogen and oxygen atoms in total. The number of amides is 11. The van der Waals surface area contributed by atoms with Gasteiger partial charge < -0.3 is 84.8 Å². The van der Waals surface area contributed by atoms with Crippen LogP contribution >= 0.6 is 12.6 Å². The number of H-pyrrole nitrogens is 2. The van der Waals surface area contributed by atoms with Crippen LogP contribution in [0, 0.1) is 5.92 Å². The highest BCUT2D eigenvalue weighted by Crippen LogP contribution is 2.22. The number of benzene rings is 3. The summed E-state index contributed by atoms with van der Waals surface area (Å²) < 4.78 is 0. The number of aliphatic carboxylic acids is 2. The second-order valence-electron chi connectivity index (χ2n) is 22.0. The fourth-order valence-corrected chi connectivity index (χ4v) is 9.74. The van der Waals surface area contributed by atoms with Crippen molar-refractivity contribution in [3.05, 3.63) is 108 Å². The zero-order valence-electron chi connectivity index (χ0n) is 50.9. The van der Waals surface area contributed by atoms with E-state index in [9.17, 15) is 72.5 Å². The fourth-order valence-electron chi connectivity index (χ4n) is 9.48. The topological polar surface area (TPSA) is 466 Å². The van der Waals surface area contributed by atoms with Gasteiger partial charge in [0.05, 0.1) is 12.6 Å². The van der Waals surface area contributed by atoms with Crippen molar-refractivity contribution in [2.75, 3.05) is 12.3 Å². The second kappa shape index (κ2) is 34.8. The van der Waals surface area contributed by atoms with E-state index in [1.165, 1.54) is 20.8 Å². The molecule has 11 amide bonds. The van der Waals surface area contributed by atoms with Crippen LogP contribution in [-0.2, 0) is 81.6 Å². The van der Waals surface area contributed by atoms with E-state index in [2.05, 4.69) is 75.8 Å². The van der Waals surface area contributed by atoms with Gasteiger partial charge in [-0.15, -0.1) is 0 Å². The smallest absolute Gasteiger partial charge is 0.326 e. The minimum Gasteiger partial charge on any atom is -0.481 e. The Kier molecular flexibility index (Phi) is 27.5. The Morgan fingerprint density at radius 3 is 1.44 bits per heavy atom. The molecule has 5 rings (SSSR count). The van der Waals surface area contributed by atoms with Crippen LogP contribution < -0.4 is 64.6 Å². The molecule has 0 bridgehead atoms. The number of aromatic amines is 2. The van der Waals surface area contributed by atoms with E-state index < -0.39 is 175 Å². The normalized spacial score (nSPS) is 14.8. The summed E-state index contributed by atoms with van der Waals surface area (Å²) in [6, 6.07) is 8.98. The zero-order valence-corrected chi connectivity index (χ0v) is 51.8. The van der Waals surface area contributed by atoms with Gasteiger partial charge in [-0.05, 0) is 68.4 Å². The predicted octanol–water partition coefficient (Wildman–Crippen LogP) is -1.27. The first-order chi connectivity index (χ1) is 43.2. The molecule has 91 heavy (non-hydrogen) atoms. The lowest BCUT2D eigenvalue weighted by Crippen LogP contribution is -2.60. The monoisotopic (exact) mass is 1280 g/mol. The molecule has 0 saturated carbocycles. The summed E-state index contributed by atoms with van der Waals surface area (Å²) >= 11 is 4.25. The number of rotatable bonds is 36. The minimum atomic E-state index is -1.64. The maximum atomic E-state index is 14.6. The van der Waals surface area contributed by atoms with Gasteiger partial charge in [-0.2, -0.15) is 12.6 Å². The number of primary amides is 1. The maximum Gasteiger partial charge on any atom is 0.326 e. The number of nitrogens with one attached hydrogen (secondary N) is 12. The molecule has 2 heterocycles. The molecule has 5 aromatic rings. The van der Waals surface area contributed by atoms with Crippen molar-refractivity contribution < 1.29 is 72.5 Å². The number of carboxylic acid groups (broad SMARTS) is 2. The first-order valence-corrected chi connectivity index (χ1v) is 30.1. The standard InChI is InChI=1S/C61H80N14O15S/c1-6-31(2)51(60(88)68-34(5)54(82)69-42(20-22-48(63)76)55(83)70-43(21-23-50(78)79)56(84)73-46(61(89)90)24-35-14-8-7-9-15-35)75-49(77)29-66-53(81)33(4)67-57(85)44(25-36-27-64-40-18-12-10-16-38(36)40)71-58(86)45(26-37-28-65-41-19-13-11-17-39(37)41)72-59(87)47(30-91)74-52(80)32(3)62/h7-19,27-28,31-34,42-47,51,64-65,91H,6,20-26,29-30,62H2,1-5H3,(H2,63,76)(H,66,81)(H,67,85)(H,68,88)(H,69,82)(H,70,83)(H,71,86)(H,72,87)(H,73,84)(H,74,80)(H,75,77)(H,78,79)(H,89,90)/t31-,32-,33-,34-,42-,43-,44-,45-,46-,47-,51-/m0/s1. The Balaban J connectivity index is 1.25. The van der Waals surface area contributed by atoms with Crippen molar-refractivity contribution in [3.8, 4) is 0 Å². The van der Waals surface area contributed by atoms with E-state index in [1.807, 2.05) is 30.3 Å². The Morgan fingerprint density at radius 2 is 0.934 bits per heavy atom.